The number of hydrogen-bond donors (Lipinski definition) is 1. The second kappa shape index (κ2) is 4.51. The van der Waals surface area contributed by atoms with Crippen molar-refractivity contribution in [3.05, 3.63) is 11.4 Å². The van der Waals surface area contributed by atoms with E-state index in [-0.39, 0.29) is 0 Å². The molecule has 0 saturated heterocycles. The van der Waals surface area contributed by atoms with Gasteiger partial charge in [-0.15, -0.1) is 0 Å². The van der Waals surface area contributed by atoms with E-state index >= 15 is 0 Å². The molecule has 1 atom stereocenters. The third kappa shape index (κ3) is 2.35. The molecule has 1 aromatic heterocycles. The predicted octanol–water partition coefficient (Wildman–Crippen LogP) is 2.37. The Morgan fingerprint density at radius 1 is 1.29 bits per heavy atom. The van der Waals surface area contributed by atoms with Crippen LogP contribution in [0.15, 0.2) is 0 Å². The van der Waals surface area contributed by atoms with E-state index in [1.165, 1.54) is 12.8 Å². The SMILES string of the molecule is CNc1nc(C)nc(N(C)C(C)C2CC2)c1C. The Morgan fingerprint density at radius 2 is 1.94 bits per heavy atom. The molecule has 1 N–H and O–H groups in total. The Hall–Kier alpha value is -1.32. The number of nitrogens with zero attached hydrogens (tertiary/aromatic N) is 3. The van der Waals surface area contributed by atoms with E-state index in [2.05, 4.69) is 41.1 Å². The van der Waals surface area contributed by atoms with Crippen molar-refractivity contribution in [2.24, 2.45) is 5.92 Å². The number of rotatable bonds is 4. The Balaban J connectivity index is 2.32. The Bertz CT molecular complexity index is 412. The molecule has 4 heteroatoms. The summed E-state index contributed by atoms with van der Waals surface area (Å²) < 4.78 is 0. The maximum atomic E-state index is 4.59. The summed E-state index contributed by atoms with van der Waals surface area (Å²) in [7, 11) is 4.04. The smallest absolute Gasteiger partial charge is 0.137 e. The van der Waals surface area contributed by atoms with E-state index in [0.717, 1.165) is 28.9 Å². The summed E-state index contributed by atoms with van der Waals surface area (Å²) in [4.78, 5) is 11.3. The minimum atomic E-state index is 0.563. The van der Waals surface area contributed by atoms with Crippen molar-refractivity contribution in [1.82, 2.24) is 9.97 Å². The van der Waals surface area contributed by atoms with Crippen molar-refractivity contribution >= 4 is 11.6 Å². The quantitative estimate of drug-likeness (QED) is 0.868. The molecule has 1 aliphatic rings. The van der Waals surface area contributed by atoms with Gasteiger partial charge in [-0.1, -0.05) is 0 Å². The molecule has 17 heavy (non-hydrogen) atoms. The standard InChI is InChI=1S/C13H22N4/c1-8-12(14-4)15-10(3)16-13(8)17(5)9(2)11-6-7-11/h9,11H,6-7H2,1-5H3,(H,14,15,16). The van der Waals surface area contributed by atoms with Gasteiger partial charge in [-0.25, -0.2) is 9.97 Å². The van der Waals surface area contributed by atoms with Gasteiger partial charge in [-0.2, -0.15) is 0 Å². The monoisotopic (exact) mass is 234 g/mol. The number of aromatic nitrogens is 2. The van der Waals surface area contributed by atoms with Gasteiger partial charge >= 0.3 is 0 Å². The highest BCUT2D eigenvalue weighted by atomic mass is 15.2. The first-order valence-corrected chi connectivity index (χ1v) is 6.30. The van der Waals surface area contributed by atoms with E-state index in [1.807, 2.05) is 14.0 Å². The summed E-state index contributed by atoms with van der Waals surface area (Å²) in [6, 6.07) is 0.563. The van der Waals surface area contributed by atoms with Crippen molar-refractivity contribution in [3.8, 4) is 0 Å². The molecule has 1 saturated carbocycles. The summed E-state index contributed by atoms with van der Waals surface area (Å²) in [6.07, 6.45) is 2.71. The largest absolute Gasteiger partial charge is 0.373 e. The van der Waals surface area contributed by atoms with Gasteiger partial charge in [0.2, 0.25) is 0 Å². The second-order valence-corrected chi connectivity index (χ2v) is 5.01. The minimum Gasteiger partial charge on any atom is -0.373 e. The maximum Gasteiger partial charge on any atom is 0.137 e. The Labute approximate surface area is 103 Å². The number of nitrogens with one attached hydrogen (secondary N) is 1. The van der Waals surface area contributed by atoms with Crippen molar-refractivity contribution in [2.75, 3.05) is 24.3 Å². The van der Waals surface area contributed by atoms with Gasteiger partial charge in [0.15, 0.2) is 0 Å². The fourth-order valence-corrected chi connectivity index (χ4v) is 2.29. The van der Waals surface area contributed by atoms with Crippen LogP contribution < -0.4 is 10.2 Å². The first-order chi connectivity index (χ1) is 8.04. The van der Waals surface area contributed by atoms with E-state index in [1.54, 1.807) is 0 Å². The summed E-state index contributed by atoms with van der Waals surface area (Å²) in [5, 5.41) is 3.14. The highest BCUT2D eigenvalue weighted by molar-refractivity contribution is 5.58. The Morgan fingerprint density at radius 3 is 2.47 bits per heavy atom. The van der Waals surface area contributed by atoms with Gasteiger partial charge < -0.3 is 10.2 Å². The average Bonchev–Trinajstić information content (AvgIpc) is 3.13. The molecule has 1 aliphatic carbocycles. The van der Waals surface area contributed by atoms with Crippen LogP contribution in [0.4, 0.5) is 11.6 Å². The van der Waals surface area contributed by atoms with Crippen LogP contribution in [-0.4, -0.2) is 30.1 Å². The van der Waals surface area contributed by atoms with Gasteiger partial charge in [0.1, 0.15) is 17.5 Å². The lowest BCUT2D eigenvalue weighted by atomic mass is 10.1. The van der Waals surface area contributed by atoms with Crippen molar-refractivity contribution < 1.29 is 0 Å². The molecule has 2 rings (SSSR count). The third-order valence-electron chi connectivity index (χ3n) is 3.72. The fourth-order valence-electron chi connectivity index (χ4n) is 2.29. The lowest BCUT2D eigenvalue weighted by Gasteiger charge is -2.28. The fraction of sp³-hybridized carbons (Fsp3) is 0.692. The van der Waals surface area contributed by atoms with Crippen LogP contribution in [0.25, 0.3) is 0 Å². The summed E-state index contributed by atoms with van der Waals surface area (Å²) >= 11 is 0. The van der Waals surface area contributed by atoms with Crippen molar-refractivity contribution in [1.29, 1.82) is 0 Å². The van der Waals surface area contributed by atoms with Crippen LogP contribution in [0.5, 0.6) is 0 Å². The summed E-state index contributed by atoms with van der Waals surface area (Å²) in [5.74, 6) is 3.65. The molecule has 94 valence electrons. The zero-order chi connectivity index (χ0) is 12.6. The lowest BCUT2D eigenvalue weighted by molar-refractivity contribution is 0.601. The number of aryl methyl sites for hydroxylation is 1. The molecule has 0 aromatic carbocycles. The van der Waals surface area contributed by atoms with Crippen molar-refractivity contribution in [3.63, 3.8) is 0 Å². The first-order valence-electron chi connectivity index (χ1n) is 6.30. The van der Waals surface area contributed by atoms with Gasteiger partial charge in [0, 0.05) is 25.7 Å². The minimum absolute atomic E-state index is 0.563. The normalized spacial score (nSPS) is 16.8. The van der Waals surface area contributed by atoms with Crippen LogP contribution in [0.3, 0.4) is 0 Å². The first kappa shape index (κ1) is 12.1. The average molecular weight is 234 g/mol. The highest BCUT2D eigenvalue weighted by Crippen LogP contribution is 2.37. The van der Waals surface area contributed by atoms with Crippen LogP contribution in [0.2, 0.25) is 0 Å². The highest BCUT2D eigenvalue weighted by Gasteiger charge is 2.31. The van der Waals surface area contributed by atoms with Crippen LogP contribution >= 0.6 is 0 Å². The van der Waals surface area contributed by atoms with Gasteiger partial charge in [-0.05, 0) is 39.5 Å². The lowest BCUT2D eigenvalue weighted by Crippen LogP contribution is -2.32. The molecule has 0 spiro atoms. The van der Waals surface area contributed by atoms with Gasteiger partial charge in [-0.3, -0.25) is 0 Å². The summed E-state index contributed by atoms with van der Waals surface area (Å²) in [6.45, 7) is 6.31. The molecule has 4 nitrogen and oxygen atoms in total. The molecule has 1 heterocycles. The van der Waals surface area contributed by atoms with E-state index < -0.39 is 0 Å². The molecular weight excluding hydrogens is 212 g/mol. The molecule has 0 aliphatic heterocycles. The molecule has 1 aromatic rings. The molecule has 0 bridgehead atoms. The van der Waals surface area contributed by atoms with E-state index in [9.17, 15) is 0 Å². The van der Waals surface area contributed by atoms with E-state index in [4.69, 9.17) is 0 Å². The van der Waals surface area contributed by atoms with Crippen LogP contribution in [0.1, 0.15) is 31.2 Å². The molecule has 0 amide bonds. The predicted molar refractivity (Wildman–Crippen MR) is 71.6 cm³/mol. The zero-order valence-electron chi connectivity index (χ0n) is 11.4. The number of anilines is 2. The number of hydrogen-bond acceptors (Lipinski definition) is 4. The maximum absolute atomic E-state index is 4.59. The second-order valence-electron chi connectivity index (χ2n) is 5.01. The van der Waals surface area contributed by atoms with Crippen LogP contribution in [-0.2, 0) is 0 Å². The molecular formula is C13H22N4. The summed E-state index contributed by atoms with van der Waals surface area (Å²) in [5.41, 5.74) is 1.13. The third-order valence-corrected chi connectivity index (χ3v) is 3.72. The molecule has 1 unspecified atom stereocenters. The van der Waals surface area contributed by atoms with Crippen molar-refractivity contribution in [2.45, 2.75) is 39.7 Å². The molecule has 0 radical (unpaired) electrons. The van der Waals surface area contributed by atoms with Gasteiger partial charge in [0.05, 0.1) is 0 Å². The zero-order valence-corrected chi connectivity index (χ0v) is 11.4. The van der Waals surface area contributed by atoms with Crippen LogP contribution in [0, 0.1) is 19.8 Å². The molecule has 1 fully saturated rings. The van der Waals surface area contributed by atoms with Gasteiger partial charge in [0.25, 0.3) is 0 Å². The van der Waals surface area contributed by atoms with E-state index in [0.29, 0.717) is 6.04 Å². The topological polar surface area (TPSA) is 41.1 Å². The Kier molecular flexibility index (Phi) is 3.22.